The van der Waals surface area contributed by atoms with Gasteiger partial charge in [0.2, 0.25) is 0 Å². The van der Waals surface area contributed by atoms with Crippen molar-refractivity contribution in [2.45, 2.75) is 0 Å². The molecule has 0 bridgehead atoms. The van der Waals surface area contributed by atoms with Gasteiger partial charge in [0.25, 0.3) is 0 Å². The molecule has 0 saturated heterocycles. The SMILES string of the molecule is CN(C)C(OP(=O)(Cl)Cl)=[N+](C)C. The van der Waals surface area contributed by atoms with Gasteiger partial charge in [-0.3, -0.25) is 0 Å². The molecular weight excluding hydrogens is 222 g/mol. The largest absolute Gasteiger partial charge is 0.452 e. The molecule has 0 N–H and O–H groups in total. The van der Waals surface area contributed by atoms with Gasteiger partial charge in [0, 0.05) is 22.5 Å². The zero-order valence-corrected chi connectivity index (χ0v) is 9.82. The van der Waals surface area contributed by atoms with Gasteiger partial charge in [-0.1, -0.05) is 0 Å². The predicted octanol–water partition coefficient (Wildman–Crippen LogP) is 1.78. The van der Waals surface area contributed by atoms with Gasteiger partial charge in [0.05, 0.1) is 28.2 Å². The van der Waals surface area contributed by atoms with E-state index in [2.05, 4.69) is 0 Å². The fourth-order valence-electron chi connectivity index (χ4n) is 0.658. The van der Waals surface area contributed by atoms with Crippen LogP contribution < -0.4 is 0 Å². The number of rotatable bonds is 1. The first-order chi connectivity index (χ1) is 5.24. The third-order valence-electron chi connectivity index (χ3n) is 0.953. The summed E-state index contributed by atoms with van der Waals surface area (Å²) in [5.74, 6) is 0. The molecule has 0 amide bonds. The maximum Gasteiger partial charge on any atom is 0.452 e. The average Bonchev–Trinajstić information content (AvgIpc) is 1.79. The van der Waals surface area contributed by atoms with Gasteiger partial charge in [-0.2, -0.15) is 0 Å². The minimum Gasteiger partial charge on any atom is -0.354 e. The molecule has 0 radical (unpaired) electrons. The van der Waals surface area contributed by atoms with Crippen LogP contribution in [0.4, 0.5) is 0 Å². The molecule has 0 atom stereocenters. The first-order valence-electron chi connectivity index (χ1n) is 3.14. The summed E-state index contributed by atoms with van der Waals surface area (Å²) in [5, 5.41) is 0. The maximum absolute atomic E-state index is 10.9. The van der Waals surface area contributed by atoms with Gasteiger partial charge in [-0.15, -0.1) is 0 Å². The Bertz CT molecular complexity index is 232. The van der Waals surface area contributed by atoms with Crippen LogP contribution in [-0.2, 0) is 9.09 Å². The monoisotopic (exact) mass is 233 g/mol. The van der Waals surface area contributed by atoms with E-state index in [1.54, 1.807) is 37.7 Å². The van der Waals surface area contributed by atoms with E-state index in [4.69, 9.17) is 27.0 Å². The van der Waals surface area contributed by atoms with Crippen LogP contribution in [0.2, 0.25) is 0 Å². The van der Waals surface area contributed by atoms with Crippen molar-refractivity contribution in [3.63, 3.8) is 0 Å². The van der Waals surface area contributed by atoms with E-state index in [0.717, 1.165) is 0 Å². The summed E-state index contributed by atoms with van der Waals surface area (Å²) in [4.78, 5) is 1.62. The van der Waals surface area contributed by atoms with Gasteiger partial charge >= 0.3 is 12.1 Å². The van der Waals surface area contributed by atoms with Crippen molar-refractivity contribution in [2.75, 3.05) is 28.2 Å². The topological polar surface area (TPSA) is 32.5 Å². The number of hydrogen-bond donors (Lipinski definition) is 0. The molecule has 12 heavy (non-hydrogen) atoms. The minimum absolute atomic E-state index is 0.350. The second kappa shape index (κ2) is 4.35. The Hall–Kier alpha value is 0.0800. The van der Waals surface area contributed by atoms with Crippen molar-refractivity contribution in [3.05, 3.63) is 0 Å². The van der Waals surface area contributed by atoms with E-state index in [1.807, 2.05) is 0 Å². The average molecular weight is 234 g/mol. The first kappa shape index (κ1) is 12.1. The Labute approximate surface area is 81.7 Å². The van der Waals surface area contributed by atoms with Gasteiger partial charge in [-0.05, 0) is 0 Å². The Balaban J connectivity index is 4.60. The lowest BCUT2D eigenvalue weighted by Crippen LogP contribution is -2.30. The van der Waals surface area contributed by atoms with Gasteiger partial charge in [0.15, 0.2) is 0 Å². The highest BCUT2D eigenvalue weighted by Gasteiger charge is 2.25. The van der Waals surface area contributed by atoms with Crippen LogP contribution >= 0.6 is 28.6 Å². The van der Waals surface area contributed by atoms with Crippen molar-refractivity contribution in [1.29, 1.82) is 0 Å². The Morgan fingerprint density at radius 3 is 1.92 bits per heavy atom. The molecule has 0 aromatic heterocycles. The van der Waals surface area contributed by atoms with Crippen LogP contribution in [-0.4, -0.2) is 43.7 Å². The summed E-state index contributed by atoms with van der Waals surface area (Å²) in [6.45, 7) is 0. The van der Waals surface area contributed by atoms with E-state index < -0.39 is 6.07 Å². The molecule has 72 valence electrons. The molecule has 0 aromatic carbocycles. The fourth-order valence-corrected chi connectivity index (χ4v) is 1.55. The Kier molecular flexibility index (Phi) is 4.38. The molecule has 0 aliphatic rings. The summed E-state index contributed by atoms with van der Waals surface area (Å²) < 4.78 is 17.3. The number of halogens is 2. The van der Waals surface area contributed by atoms with Crippen LogP contribution in [0.3, 0.4) is 0 Å². The van der Waals surface area contributed by atoms with E-state index in [-0.39, 0.29) is 0 Å². The number of hydrogen-bond acceptors (Lipinski definition) is 2. The second-order valence-corrected chi connectivity index (χ2v) is 6.78. The van der Waals surface area contributed by atoms with Crippen molar-refractivity contribution in [3.8, 4) is 0 Å². The molecule has 0 heterocycles. The fraction of sp³-hybridized carbons (Fsp3) is 0.800. The van der Waals surface area contributed by atoms with Gasteiger partial charge in [0.1, 0.15) is 0 Å². The lowest BCUT2D eigenvalue weighted by atomic mass is 10.8. The highest BCUT2D eigenvalue weighted by Crippen LogP contribution is 2.57. The quantitative estimate of drug-likeness (QED) is 0.300. The summed E-state index contributed by atoms with van der Waals surface area (Å²) in [5.41, 5.74) is 0. The molecule has 0 fully saturated rings. The molecule has 4 nitrogen and oxygen atoms in total. The standard InChI is InChI=1S/C5H12Cl2N2O2P/c1-8(2)5(9(3)4)11-12(6,7)10/h1-4H3/q+1. The normalized spacial score (nSPS) is 10.8. The number of nitrogens with zero attached hydrogens (tertiary/aromatic N) is 2. The smallest absolute Gasteiger partial charge is 0.354 e. The van der Waals surface area contributed by atoms with E-state index in [0.29, 0.717) is 6.02 Å². The predicted molar refractivity (Wildman–Crippen MR) is 51.2 cm³/mol. The third kappa shape index (κ3) is 4.86. The van der Waals surface area contributed by atoms with E-state index in [1.165, 1.54) is 0 Å². The Morgan fingerprint density at radius 1 is 1.42 bits per heavy atom. The zero-order valence-electron chi connectivity index (χ0n) is 7.41. The summed E-state index contributed by atoms with van der Waals surface area (Å²) in [6, 6.07) is 0.350. The maximum atomic E-state index is 10.9. The van der Waals surface area contributed by atoms with Crippen LogP contribution in [0.5, 0.6) is 0 Å². The molecule has 0 spiro atoms. The summed E-state index contributed by atoms with van der Waals surface area (Å²) in [7, 11) is 6.94. The molecule has 7 heteroatoms. The molecule has 0 aliphatic carbocycles. The Morgan fingerprint density at radius 2 is 1.83 bits per heavy atom. The molecule has 0 aliphatic heterocycles. The van der Waals surface area contributed by atoms with E-state index >= 15 is 0 Å². The van der Waals surface area contributed by atoms with E-state index in [9.17, 15) is 4.57 Å². The molecule has 0 unspecified atom stereocenters. The van der Waals surface area contributed by atoms with Crippen molar-refractivity contribution in [2.24, 2.45) is 0 Å². The lowest BCUT2D eigenvalue weighted by Gasteiger charge is -2.11. The van der Waals surface area contributed by atoms with Crippen LogP contribution in [0.15, 0.2) is 0 Å². The van der Waals surface area contributed by atoms with Crippen molar-refractivity contribution >= 4 is 34.6 Å². The number of amidine groups is 1. The van der Waals surface area contributed by atoms with Gasteiger partial charge in [-0.25, -0.2) is 14.0 Å². The molecule has 0 rings (SSSR count). The first-order valence-corrected chi connectivity index (χ1v) is 6.58. The lowest BCUT2D eigenvalue weighted by molar-refractivity contribution is -0.478. The summed E-state index contributed by atoms with van der Waals surface area (Å²) in [6.07, 6.45) is -3.51. The van der Waals surface area contributed by atoms with Crippen molar-refractivity contribution < 1.29 is 13.7 Å². The second-order valence-electron chi connectivity index (χ2n) is 2.58. The third-order valence-corrected chi connectivity index (χ3v) is 1.74. The highest BCUT2D eigenvalue weighted by molar-refractivity contribution is 8.05. The highest BCUT2D eigenvalue weighted by atomic mass is 35.9. The van der Waals surface area contributed by atoms with Crippen LogP contribution in [0, 0.1) is 0 Å². The van der Waals surface area contributed by atoms with Crippen LogP contribution in [0.25, 0.3) is 0 Å². The molecule has 0 saturated carbocycles. The van der Waals surface area contributed by atoms with Crippen molar-refractivity contribution in [1.82, 2.24) is 4.90 Å². The molecular formula is C5H12Cl2N2O2P+. The molecule has 0 aromatic rings. The summed E-state index contributed by atoms with van der Waals surface area (Å²) >= 11 is 10.5. The van der Waals surface area contributed by atoms with Crippen LogP contribution in [0.1, 0.15) is 0 Å². The minimum atomic E-state index is -3.51. The van der Waals surface area contributed by atoms with Gasteiger partial charge < -0.3 is 4.52 Å². The zero-order chi connectivity index (χ0) is 9.94.